The third-order valence-corrected chi connectivity index (χ3v) is 6.23. The molecule has 0 aromatic heterocycles. The van der Waals surface area contributed by atoms with Crippen molar-refractivity contribution in [2.24, 2.45) is 23.5 Å². The third kappa shape index (κ3) is 4.17. The van der Waals surface area contributed by atoms with E-state index in [1.54, 1.807) is 4.31 Å². The van der Waals surface area contributed by atoms with Gasteiger partial charge in [-0.05, 0) is 50.0 Å². The lowest BCUT2D eigenvalue weighted by atomic mass is 9.74. The fraction of sp³-hybridized carbons (Fsp3) is 1.00. The van der Waals surface area contributed by atoms with Gasteiger partial charge in [-0.3, -0.25) is 0 Å². The van der Waals surface area contributed by atoms with E-state index < -0.39 is 10.0 Å². The summed E-state index contributed by atoms with van der Waals surface area (Å²) in [6.07, 6.45) is 9.90. The van der Waals surface area contributed by atoms with Crippen molar-refractivity contribution < 1.29 is 8.42 Å². The first-order chi connectivity index (χ1) is 9.00. The molecule has 112 valence electrons. The van der Waals surface area contributed by atoms with Crippen molar-refractivity contribution in [3.05, 3.63) is 0 Å². The van der Waals surface area contributed by atoms with E-state index in [0.717, 1.165) is 25.4 Å². The van der Waals surface area contributed by atoms with Gasteiger partial charge in [0.25, 0.3) is 0 Å². The molecule has 2 fully saturated rings. The van der Waals surface area contributed by atoms with Crippen LogP contribution in [0.15, 0.2) is 0 Å². The van der Waals surface area contributed by atoms with E-state index in [9.17, 15) is 8.42 Å². The molecular weight excluding hydrogens is 260 g/mol. The molecule has 4 nitrogen and oxygen atoms in total. The van der Waals surface area contributed by atoms with Crippen molar-refractivity contribution in [1.29, 1.82) is 0 Å². The van der Waals surface area contributed by atoms with Crippen molar-refractivity contribution in [1.82, 2.24) is 4.31 Å². The van der Waals surface area contributed by atoms with E-state index in [2.05, 4.69) is 0 Å². The van der Waals surface area contributed by atoms with Crippen LogP contribution in [0.5, 0.6) is 0 Å². The largest absolute Gasteiger partial charge is 0.330 e. The van der Waals surface area contributed by atoms with Gasteiger partial charge in [0.05, 0.1) is 6.26 Å². The first-order valence-corrected chi connectivity index (χ1v) is 9.50. The van der Waals surface area contributed by atoms with Crippen LogP contribution in [0.25, 0.3) is 0 Å². The Morgan fingerprint density at radius 1 is 1.11 bits per heavy atom. The van der Waals surface area contributed by atoms with Crippen LogP contribution in [0, 0.1) is 17.8 Å². The average molecular weight is 288 g/mol. The zero-order chi connectivity index (χ0) is 13.9. The fourth-order valence-corrected chi connectivity index (χ4v) is 4.80. The molecule has 1 aliphatic carbocycles. The summed E-state index contributed by atoms with van der Waals surface area (Å²) in [6.45, 7) is 2.24. The van der Waals surface area contributed by atoms with Crippen LogP contribution in [0.1, 0.15) is 44.9 Å². The lowest BCUT2D eigenvalue weighted by Crippen LogP contribution is -2.40. The fourth-order valence-electron chi connectivity index (χ4n) is 3.85. The van der Waals surface area contributed by atoms with E-state index >= 15 is 0 Å². The molecule has 0 bridgehead atoms. The summed E-state index contributed by atoms with van der Waals surface area (Å²) in [7, 11) is -3.01. The molecule has 5 heteroatoms. The minimum absolute atomic E-state index is 0.542. The van der Waals surface area contributed by atoms with Crippen molar-refractivity contribution in [2.75, 3.05) is 25.9 Å². The topological polar surface area (TPSA) is 63.4 Å². The number of hydrogen-bond donors (Lipinski definition) is 1. The minimum atomic E-state index is -3.01. The van der Waals surface area contributed by atoms with Gasteiger partial charge in [0.2, 0.25) is 10.0 Å². The van der Waals surface area contributed by atoms with E-state index in [1.807, 2.05) is 0 Å². The predicted octanol–water partition coefficient (Wildman–Crippen LogP) is 1.81. The summed E-state index contributed by atoms with van der Waals surface area (Å²) in [6, 6.07) is 0. The molecule has 2 N–H and O–H groups in total. The van der Waals surface area contributed by atoms with Crippen LogP contribution in [0.3, 0.4) is 0 Å². The van der Waals surface area contributed by atoms with Crippen molar-refractivity contribution >= 4 is 10.0 Å². The van der Waals surface area contributed by atoms with Gasteiger partial charge in [-0.2, -0.15) is 0 Å². The molecule has 0 amide bonds. The molecule has 3 unspecified atom stereocenters. The van der Waals surface area contributed by atoms with Crippen LogP contribution in [-0.2, 0) is 10.0 Å². The Kier molecular flexibility index (Phi) is 5.26. The summed E-state index contributed by atoms with van der Waals surface area (Å²) >= 11 is 0. The van der Waals surface area contributed by atoms with Crippen molar-refractivity contribution in [2.45, 2.75) is 44.9 Å². The highest BCUT2D eigenvalue weighted by Gasteiger charge is 2.31. The van der Waals surface area contributed by atoms with Gasteiger partial charge in [-0.1, -0.05) is 19.3 Å². The van der Waals surface area contributed by atoms with E-state index in [4.69, 9.17) is 5.73 Å². The monoisotopic (exact) mass is 288 g/mol. The van der Waals surface area contributed by atoms with Gasteiger partial charge < -0.3 is 5.73 Å². The zero-order valence-electron chi connectivity index (χ0n) is 12.1. The average Bonchev–Trinajstić information content (AvgIpc) is 2.39. The Bertz CT molecular complexity index is 383. The van der Waals surface area contributed by atoms with Crippen LogP contribution < -0.4 is 5.73 Å². The molecule has 1 heterocycles. The Morgan fingerprint density at radius 3 is 2.42 bits per heavy atom. The summed E-state index contributed by atoms with van der Waals surface area (Å²) < 4.78 is 25.0. The van der Waals surface area contributed by atoms with E-state index in [-0.39, 0.29) is 0 Å². The SMILES string of the molecule is CS(=O)(=O)N1CCCC(CC2CCCCC2CN)C1. The maximum absolute atomic E-state index is 11.7. The molecule has 2 rings (SSSR count). The number of piperidine rings is 1. The quantitative estimate of drug-likeness (QED) is 0.858. The van der Waals surface area contributed by atoms with E-state index in [1.165, 1.54) is 44.8 Å². The standard InChI is InChI=1S/C14H28N2O2S/c1-19(17,18)16-8-4-5-12(11-16)9-13-6-2-3-7-14(13)10-15/h12-14H,2-11,15H2,1H3. The number of hydrogen-bond acceptors (Lipinski definition) is 3. The number of nitrogens with zero attached hydrogens (tertiary/aromatic N) is 1. The highest BCUT2D eigenvalue weighted by Crippen LogP contribution is 2.36. The highest BCUT2D eigenvalue weighted by molar-refractivity contribution is 7.88. The molecule has 0 aromatic rings. The second kappa shape index (κ2) is 6.55. The number of sulfonamides is 1. The lowest BCUT2D eigenvalue weighted by molar-refractivity contribution is 0.165. The molecular formula is C14H28N2O2S. The Balaban J connectivity index is 1.91. The van der Waals surface area contributed by atoms with Crippen LogP contribution in [-0.4, -0.2) is 38.6 Å². The molecule has 1 saturated heterocycles. The number of rotatable bonds is 4. The lowest BCUT2D eigenvalue weighted by Gasteiger charge is -2.37. The van der Waals surface area contributed by atoms with Gasteiger partial charge in [0, 0.05) is 13.1 Å². The molecule has 19 heavy (non-hydrogen) atoms. The van der Waals surface area contributed by atoms with Crippen molar-refractivity contribution in [3.8, 4) is 0 Å². The molecule has 0 spiro atoms. The molecule has 0 aromatic carbocycles. The van der Waals surface area contributed by atoms with Gasteiger partial charge >= 0.3 is 0 Å². The molecule has 3 atom stereocenters. The van der Waals surface area contributed by atoms with Crippen LogP contribution in [0.4, 0.5) is 0 Å². The summed E-state index contributed by atoms with van der Waals surface area (Å²) in [5, 5.41) is 0. The predicted molar refractivity (Wildman–Crippen MR) is 78.3 cm³/mol. The highest BCUT2D eigenvalue weighted by atomic mass is 32.2. The Hall–Kier alpha value is -0.130. The minimum Gasteiger partial charge on any atom is -0.330 e. The number of nitrogens with two attached hydrogens (primary N) is 1. The smallest absolute Gasteiger partial charge is 0.211 e. The van der Waals surface area contributed by atoms with Gasteiger partial charge in [-0.25, -0.2) is 12.7 Å². The van der Waals surface area contributed by atoms with Crippen molar-refractivity contribution in [3.63, 3.8) is 0 Å². The van der Waals surface area contributed by atoms with Gasteiger partial charge in [0.1, 0.15) is 0 Å². The summed E-state index contributed by atoms with van der Waals surface area (Å²) in [4.78, 5) is 0. The molecule has 2 aliphatic rings. The van der Waals surface area contributed by atoms with Crippen LogP contribution >= 0.6 is 0 Å². The Labute approximate surface area is 117 Å². The van der Waals surface area contributed by atoms with Gasteiger partial charge in [-0.15, -0.1) is 0 Å². The second-order valence-electron chi connectivity index (χ2n) is 6.41. The van der Waals surface area contributed by atoms with E-state index in [0.29, 0.717) is 18.4 Å². The first kappa shape index (κ1) is 15.3. The second-order valence-corrected chi connectivity index (χ2v) is 8.39. The molecule has 1 saturated carbocycles. The first-order valence-electron chi connectivity index (χ1n) is 7.66. The molecule has 0 radical (unpaired) electrons. The Morgan fingerprint density at radius 2 is 1.79 bits per heavy atom. The zero-order valence-corrected chi connectivity index (χ0v) is 12.9. The van der Waals surface area contributed by atoms with Gasteiger partial charge in [0.15, 0.2) is 0 Å². The summed E-state index contributed by atoms with van der Waals surface area (Å²) in [5.41, 5.74) is 5.89. The maximum Gasteiger partial charge on any atom is 0.211 e. The maximum atomic E-state index is 11.7. The third-order valence-electron chi connectivity index (χ3n) is 4.96. The van der Waals surface area contributed by atoms with Crippen LogP contribution in [0.2, 0.25) is 0 Å². The molecule has 1 aliphatic heterocycles. The normalized spacial score (nSPS) is 34.3. The summed E-state index contributed by atoms with van der Waals surface area (Å²) in [5.74, 6) is 1.94.